The molecule has 0 aromatic heterocycles. The average Bonchev–Trinajstić information content (AvgIpc) is 3.08. The minimum Gasteiger partial charge on any atom is -0.500 e. The van der Waals surface area contributed by atoms with Crippen molar-refractivity contribution in [3.05, 3.63) is 93.5 Å². The van der Waals surface area contributed by atoms with Crippen LogP contribution in [0.2, 0.25) is 0 Å². The van der Waals surface area contributed by atoms with Gasteiger partial charge in [-0.25, -0.2) is 0 Å². The van der Waals surface area contributed by atoms with Gasteiger partial charge in [0.2, 0.25) is 0 Å². The molecule has 2 nitrogen and oxygen atoms in total. The van der Waals surface area contributed by atoms with Crippen LogP contribution in [0.15, 0.2) is 103 Å². The first-order chi connectivity index (χ1) is 14.4. The summed E-state index contributed by atoms with van der Waals surface area (Å²) < 4.78 is 5.55. The van der Waals surface area contributed by atoms with Crippen LogP contribution in [0.25, 0.3) is 0 Å². The molecule has 0 aliphatic heterocycles. The van der Waals surface area contributed by atoms with E-state index in [0.29, 0.717) is 12.2 Å². The van der Waals surface area contributed by atoms with E-state index in [1.54, 1.807) is 29.8 Å². The highest BCUT2D eigenvalue weighted by Crippen LogP contribution is 2.54. The molecule has 0 fully saturated rings. The average molecular weight is 434 g/mol. The minimum absolute atomic E-state index is 0.104. The fraction of sp³-hybridized carbons (Fsp3) is 0.269. The Balaban J connectivity index is 2.12. The lowest BCUT2D eigenvalue weighted by molar-refractivity contribution is 0.267. The van der Waals surface area contributed by atoms with Crippen LogP contribution in [-0.2, 0) is 4.74 Å². The molecule has 0 saturated carbocycles. The number of benzene rings is 2. The van der Waals surface area contributed by atoms with Crippen LogP contribution in [0.3, 0.4) is 0 Å². The van der Waals surface area contributed by atoms with Crippen LogP contribution in [0.1, 0.15) is 34.1 Å². The summed E-state index contributed by atoms with van der Waals surface area (Å²) in [5, 5.41) is 9.99. The highest BCUT2D eigenvalue weighted by molar-refractivity contribution is 8.04. The van der Waals surface area contributed by atoms with E-state index in [2.05, 4.69) is 75.4 Å². The number of rotatable bonds is 7. The summed E-state index contributed by atoms with van der Waals surface area (Å²) in [6.45, 7) is 9.14. The number of ether oxygens (including phenoxy) is 1. The summed E-state index contributed by atoms with van der Waals surface area (Å²) in [6.07, 6.45) is 2.45. The van der Waals surface area contributed by atoms with Crippen molar-refractivity contribution in [1.29, 1.82) is 5.26 Å². The Bertz CT molecular complexity index is 1010. The molecule has 0 spiro atoms. The van der Waals surface area contributed by atoms with Crippen molar-refractivity contribution in [2.75, 3.05) is 6.61 Å². The molecule has 30 heavy (non-hydrogen) atoms. The topological polar surface area (TPSA) is 33.0 Å². The van der Waals surface area contributed by atoms with Gasteiger partial charge in [0, 0.05) is 26.7 Å². The van der Waals surface area contributed by atoms with Crippen LogP contribution >= 0.6 is 23.5 Å². The summed E-state index contributed by atoms with van der Waals surface area (Å²) in [6, 6.07) is 23.2. The summed E-state index contributed by atoms with van der Waals surface area (Å²) >= 11 is 3.55. The first kappa shape index (κ1) is 22.3. The van der Waals surface area contributed by atoms with Gasteiger partial charge in [0.15, 0.2) is 0 Å². The SMILES string of the molecule is CCO/C=C(\C#N)C1=C(Sc2ccccc2)CC(Sc2ccccc2)=C1C(C)(C)C. The molecule has 0 saturated heterocycles. The number of nitrogens with zero attached hydrogens (tertiary/aromatic N) is 1. The van der Waals surface area contributed by atoms with Gasteiger partial charge in [-0.15, -0.1) is 0 Å². The first-order valence-corrected chi connectivity index (χ1v) is 11.7. The van der Waals surface area contributed by atoms with Gasteiger partial charge < -0.3 is 4.74 Å². The van der Waals surface area contributed by atoms with E-state index in [9.17, 15) is 5.26 Å². The monoisotopic (exact) mass is 433 g/mol. The van der Waals surface area contributed by atoms with E-state index in [1.165, 1.54) is 25.2 Å². The Kier molecular flexibility index (Phi) is 7.53. The second-order valence-electron chi connectivity index (χ2n) is 7.95. The zero-order valence-corrected chi connectivity index (χ0v) is 19.6. The van der Waals surface area contributed by atoms with Crippen LogP contribution in [0, 0.1) is 16.7 Å². The molecule has 0 atom stereocenters. The van der Waals surface area contributed by atoms with Crippen LogP contribution in [0.4, 0.5) is 0 Å². The zero-order chi connectivity index (χ0) is 21.6. The number of thioether (sulfide) groups is 2. The molecule has 0 heterocycles. The number of nitriles is 1. The quantitative estimate of drug-likeness (QED) is 0.327. The summed E-state index contributed by atoms with van der Waals surface area (Å²) in [7, 11) is 0. The predicted octanol–water partition coefficient (Wildman–Crippen LogP) is 7.97. The smallest absolute Gasteiger partial charge is 0.103 e. The molecule has 154 valence electrons. The highest BCUT2D eigenvalue weighted by Gasteiger charge is 2.35. The summed E-state index contributed by atoms with van der Waals surface area (Å²) in [5.74, 6) is 0. The Morgan fingerprint density at radius 2 is 1.50 bits per heavy atom. The van der Waals surface area contributed by atoms with Gasteiger partial charge in [-0.1, -0.05) is 80.7 Å². The van der Waals surface area contributed by atoms with Gasteiger partial charge in [-0.2, -0.15) is 5.26 Å². The van der Waals surface area contributed by atoms with Crippen LogP contribution in [0.5, 0.6) is 0 Å². The van der Waals surface area contributed by atoms with Gasteiger partial charge in [0.1, 0.15) is 12.3 Å². The first-order valence-electron chi connectivity index (χ1n) is 10.1. The minimum atomic E-state index is -0.104. The Hall–Kier alpha value is -2.35. The van der Waals surface area contributed by atoms with Crippen molar-refractivity contribution >= 4 is 23.5 Å². The largest absolute Gasteiger partial charge is 0.500 e. The van der Waals surface area contributed by atoms with Gasteiger partial charge in [-0.05, 0) is 47.1 Å². The number of hydrogen-bond donors (Lipinski definition) is 0. The third-order valence-corrected chi connectivity index (χ3v) is 6.81. The molecule has 3 rings (SSSR count). The molecule has 2 aromatic carbocycles. The van der Waals surface area contributed by atoms with Gasteiger partial charge in [-0.3, -0.25) is 0 Å². The van der Waals surface area contributed by atoms with Crippen molar-refractivity contribution in [2.45, 2.75) is 43.9 Å². The normalized spacial score (nSPS) is 14.8. The molecule has 0 N–H and O–H groups in total. The van der Waals surface area contributed by atoms with E-state index in [4.69, 9.17) is 4.74 Å². The molecule has 1 aliphatic carbocycles. The Morgan fingerprint density at radius 1 is 0.967 bits per heavy atom. The third-order valence-electron chi connectivity index (χ3n) is 4.60. The Morgan fingerprint density at radius 3 is 1.97 bits per heavy atom. The second kappa shape index (κ2) is 10.1. The van der Waals surface area contributed by atoms with Gasteiger partial charge in [0.25, 0.3) is 0 Å². The fourth-order valence-corrected chi connectivity index (χ4v) is 5.93. The maximum Gasteiger partial charge on any atom is 0.103 e. The van der Waals surface area contributed by atoms with Crippen molar-refractivity contribution in [2.24, 2.45) is 5.41 Å². The van der Waals surface area contributed by atoms with Crippen molar-refractivity contribution < 1.29 is 4.74 Å². The van der Waals surface area contributed by atoms with E-state index >= 15 is 0 Å². The summed E-state index contributed by atoms with van der Waals surface area (Å²) in [4.78, 5) is 4.90. The summed E-state index contributed by atoms with van der Waals surface area (Å²) in [5.41, 5.74) is 2.77. The molecular formula is C26H27NOS2. The van der Waals surface area contributed by atoms with Gasteiger partial charge in [0.05, 0.1) is 12.2 Å². The number of hydrogen-bond acceptors (Lipinski definition) is 4. The standard InChI is InChI=1S/C26H27NOS2/c1-5-28-18-19(17-27)24-22(29-20-12-8-6-9-13-20)16-23(25(24)26(2,3)4)30-21-14-10-7-11-15-21/h6-15,18H,5,16H2,1-4H3/b19-18+. The molecule has 0 unspecified atom stereocenters. The lowest BCUT2D eigenvalue weighted by atomic mass is 9.81. The second-order valence-corrected chi connectivity index (χ2v) is 10.3. The van der Waals surface area contributed by atoms with Gasteiger partial charge >= 0.3 is 0 Å². The molecular weight excluding hydrogens is 406 g/mol. The highest BCUT2D eigenvalue weighted by atomic mass is 32.2. The van der Waals surface area contributed by atoms with E-state index in [1.807, 2.05) is 19.1 Å². The van der Waals surface area contributed by atoms with E-state index in [0.717, 1.165) is 12.0 Å². The lowest BCUT2D eigenvalue weighted by Gasteiger charge is -2.25. The van der Waals surface area contributed by atoms with Crippen molar-refractivity contribution in [3.63, 3.8) is 0 Å². The molecule has 4 heteroatoms. The lowest BCUT2D eigenvalue weighted by Crippen LogP contribution is -2.13. The predicted molar refractivity (Wildman–Crippen MR) is 128 cm³/mol. The van der Waals surface area contributed by atoms with Crippen LogP contribution < -0.4 is 0 Å². The molecule has 0 radical (unpaired) electrons. The maximum atomic E-state index is 9.99. The maximum absolute atomic E-state index is 9.99. The van der Waals surface area contributed by atoms with Crippen molar-refractivity contribution in [3.8, 4) is 6.07 Å². The molecule has 2 aromatic rings. The van der Waals surface area contributed by atoms with Crippen molar-refractivity contribution in [1.82, 2.24) is 0 Å². The van der Waals surface area contributed by atoms with Crippen LogP contribution in [-0.4, -0.2) is 6.61 Å². The third kappa shape index (κ3) is 5.41. The van der Waals surface area contributed by atoms with E-state index in [-0.39, 0.29) is 5.41 Å². The molecule has 1 aliphatic rings. The zero-order valence-electron chi connectivity index (χ0n) is 17.9. The molecule has 0 bridgehead atoms. The number of allylic oxidation sites excluding steroid dienone is 5. The fourth-order valence-electron chi connectivity index (χ4n) is 3.42. The molecule has 0 amide bonds. The van der Waals surface area contributed by atoms with E-state index < -0.39 is 0 Å². The Labute approximate surface area is 188 Å².